The van der Waals surface area contributed by atoms with Gasteiger partial charge in [0.05, 0.1) is 12.7 Å². The minimum Gasteiger partial charge on any atom is -0.392 e. The predicted molar refractivity (Wildman–Crippen MR) is 88.8 cm³/mol. The summed E-state index contributed by atoms with van der Waals surface area (Å²) in [5, 5.41) is 15.8. The number of nitrogens with one attached hydrogen (secondary N) is 2. The molecule has 1 aromatic rings. The first-order valence-electron chi connectivity index (χ1n) is 7.57. The Morgan fingerprint density at radius 2 is 2.05 bits per heavy atom. The maximum atomic E-state index is 12.0. The Labute approximate surface area is 133 Å². The summed E-state index contributed by atoms with van der Waals surface area (Å²) in [6.07, 6.45) is -0.474. The molecule has 0 aromatic heterocycles. The van der Waals surface area contributed by atoms with Crippen molar-refractivity contribution in [3.05, 3.63) is 29.8 Å². The number of amides is 2. The van der Waals surface area contributed by atoms with Gasteiger partial charge in [-0.25, -0.2) is 4.79 Å². The van der Waals surface area contributed by atoms with Crippen LogP contribution >= 0.6 is 0 Å². The van der Waals surface area contributed by atoms with Gasteiger partial charge in [0.2, 0.25) is 0 Å². The molecule has 0 aliphatic carbocycles. The van der Waals surface area contributed by atoms with Crippen LogP contribution in [0.15, 0.2) is 24.3 Å². The lowest BCUT2D eigenvalue weighted by Gasteiger charge is -2.33. The zero-order valence-electron chi connectivity index (χ0n) is 14.1. The number of urea groups is 1. The molecule has 0 bridgehead atoms. The van der Waals surface area contributed by atoms with Crippen molar-refractivity contribution in [2.24, 2.45) is 11.3 Å². The van der Waals surface area contributed by atoms with E-state index in [1.807, 2.05) is 52.0 Å². The molecular formula is C17H28N2O3. The van der Waals surface area contributed by atoms with E-state index >= 15 is 0 Å². The van der Waals surface area contributed by atoms with E-state index in [4.69, 9.17) is 4.74 Å². The molecule has 0 fully saturated rings. The number of carbonyl (C=O) groups excluding carboxylic acids is 1. The van der Waals surface area contributed by atoms with E-state index in [-0.39, 0.29) is 17.4 Å². The van der Waals surface area contributed by atoms with Crippen LogP contribution in [-0.2, 0) is 11.3 Å². The van der Waals surface area contributed by atoms with Crippen molar-refractivity contribution in [1.29, 1.82) is 0 Å². The highest BCUT2D eigenvalue weighted by atomic mass is 16.5. The Balaban J connectivity index is 2.54. The van der Waals surface area contributed by atoms with Crippen LogP contribution in [0, 0.1) is 11.3 Å². The Morgan fingerprint density at radius 3 is 2.64 bits per heavy atom. The topological polar surface area (TPSA) is 70.6 Å². The molecule has 5 nitrogen and oxygen atoms in total. The molecule has 5 heteroatoms. The van der Waals surface area contributed by atoms with Gasteiger partial charge in [0.15, 0.2) is 0 Å². The van der Waals surface area contributed by atoms with Crippen LogP contribution in [0.2, 0.25) is 0 Å². The smallest absolute Gasteiger partial charge is 0.319 e. The minimum atomic E-state index is -0.474. The van der Waals surface area contributed by atoms with Gasteiger partial charge in [-0.3, -0.25) is 0 Å². The zero-order valence-corrected chi connectivity index (χ0v) is 14.1. The third-order valence-corrected chi connectivity index (χ3v) is 3.63. The molecule has 1 atom stereocenters. The minimum absolute atomic E-state index is 0.144. The molecule has 0 spiro atoms. The van der Waals surface area contributed by atoms with Gasteiger partial charge < -0.3 is 20.5 Å². The molecule has 0 heterocycles. The number of benzene rings is 1. The second-order valence-electron chi connectivity index (χ2n) is 6.62. The van der Waals surface area contributed by atoms with Crippen LogP contribution in [0.3, 0.4) is 0 Å². The molecule has 2 amide bonds. The molecule has 3 N–H and O–H groups in total. The number of methoxy groups -OCH3 is 1. The van der Waals surface area contributed by atoms with Crippen molar-refractivity contribution in [2.45, 2.75) is 40.4 Å². The molecule has 1 aromatic carbocycles. The van der Waals surface area contributed by atoms with E-state index in [2.05, 4.69) is 10.6 Å². The monoisotopic (exact) mass is 308 g/mol. The fourth-order valence-electron chi connectivity index (χ4n) is 2.40. The first-order chi connectivity index (χ1) is 10.3. The number of carbonyl (C=O) groups is 1. The number of rotatable bonds is 7. The van der Waals surface area contributed by atoms with Crippen molar-refractivity contribution < 1.29 is 14.6 Å². The largest absolute Gasteiger partial charge is 0.392 e. The van der Waals surface area contributed by atoms with Crippen molar-refractivity contribution in [2.75, 3.05) is 19.0 Å². The first kappa shape index (κ1) is 18.5. The Bertz CT molecular complexity index is 487. The van der Waals surface area contributed by atoms with Crippen molar-refractivity contribution in [3.8, 4) is 0 Å². The molecule has 0 saturated heterocycles. The lowest BCUT2D eigenvalue weighted by molar-refractivity contribution is 0.0154. The standard InChI is InChI=1S/C17H28N2O3/c1-12(2)15(20)17(3,4)11-18-16(21)19-14-8-6-7-13(9-14)10-22-5/h6-9,12,15,20H,10-11H2,1-5H3,(H2,18,19,21). The molecule has 0 radical (unpaired) electrons. The summed E-state index contributed by atoms with van der Waals surface area (Å²) in [6.45, 7) is 8.72. The van der Waals surface area contributed by atoms with E-state index in [9.17, 15) is 9.90 Å². The van der Waals surface area contributed by atoms with E-state index in [1.54, 1.807) is 7.11 Å². The van der Waals surface area contributed by atoms with Crippen LogP contribution in [0.25, 0.3) is 0 Å². The second kappa shape index (κ2) is 8.15. The summed E-state index contributed by atoms with van der Waals surface area (Å²) in [6, 6.07) is 7.23. The Morgan fingerprint density at radius 1 is 1.36 bits per heavy atom. The Hall–Kier alpha value is -1.59. The number of hydrogen-bond acceptors (Lipinski definition) is 3. The van der Waals surface area contributed by atoms with Crippen molar-refractivity contribution in [1.82, 2.24) is 5.32 Å². The molecule has 1 unspecified atom stereocenters. The maximum Gasteiger partial charge on any atom is 0.319 e. The number of aliphatic hydroxyl groups excluding tert-OH is 1. The van der Waals surface area contributed by atoms with Gasteiger partial charge in [0.1, 0.15) is 0 Å². The van der Waals surface area contributed by atoms with Crippen LogP contribution in [0.4, 0.5) is 10.5 Å². The molecule has 0 aliphatic heterocycles. The van der Waals surface area contributed by atoms with E-state index < -0.39 is 6.10 Å². The van der Waals surface area contributed by atoms with Gasteiger partial charge in [0, 0.05) is 24.8 Å². The summed E-state index contributed by atoms with van der Waals surface area (Å²) < 4.78 is 5.07. The van der Waals surface area contributed by atoms with Gasteiger partial charge in [-0.1, -0.05) is 39.8 Å². The van der Waals surface area contributed by atoms with Crippen LogP contribution in [0.5, 0.6) is 0 Å². The fourth-order valence-corrected chi connectivity index (χ4v) is 2.40. The summed E-state index contributed by atoms with van der Waals surface area (Å²) in [5.41, 5.74) is 1.33. The zero-order chi connectivity index (χ0) is 16.8. The third kappa shape index (κ3) is 5.66. The van der Waals surface area contributed by atoms with Gasteiger partial charge in [-0.15, -0.1) is 0 Å². The average molecular weight is 308 g/mol. The third-order valence-electron chi connectivity index (χ3n) is 3.63. The molecule has 124 valence electrons. The quantitative estimate of drug-likeness (QED) is 0.725. The average Bonchev–Trinajstić information content (AvgIpc) is 2.45. The van der Waals surface area contributed by atoms with Crippen LogP contribution in [0.1, 0.15) is 33.3 Å². The number of hydrogen-bond donors (Lipinski definition) is 3. The van der Waals surface area contributed by atoms with Crippen molar-refractivity contribution >= 4 is 11.7 Å². The van der Waals surface area contributed by atoms with Crippen molar-refractivity contribution in [3.63, 3.8) is 0 Å². The molecule has 22 heavy (non-hydrogen) atoms. The molecule has 0 aliphatic rings. The normalized spacial score (nSPS) is 13.0. The van der Waals surface area contributed by atoms with E-state index in [0.717, 1.165) is 5.56 Å². The van der Waals surface area contributed by atoms with Crippen LogP contribution in [-0.4, -0.2) is 30.9 Å². The van der Waals surface area contributed by atoms with Gasteiger partial charge in [-0.05, 0) is 23.6 Å². The van der Waals surface area contributed by atoms with Gasteiger partial charge >= 0.3 is 6.03 Å². The highest BCUT2D eigenvalue weighted by Gasteiger charge is 2.30. The maximum absolute atomic E-state index is 12.0. The van der Waals surface area contributed by atoms with E-state index in [0.29, 0.717) is 18.8 Å². The highest BCUT2D eigenvalue weighted by Crippen LogP contribution is 2.25. The predicted octanol–water partition coefficient (Wildman–Crippen LogP) is 3.00. The summed E-state index contributed by atoms with van der Waals surface area (Å²) in [5.74, 6) is 0.144. The fraction of sp³-hybridized carbons (Fsp3) is 0.588. The Kier molecular flexibility index (Phi) is 6.84. The van der Waals surface area contributed by atoms with E-state index in [1.165, 1.54) is 0 Å². The lowest BCUT2D eigenvalue weighted by Crippen LogP contribution is -2.44. The van der Waals surface area contributed by atoms with Gasteiger partial charge in [0.25, 0.3) is 0 Å². The first-order valence-corrected chi connectivity index (χ1v) is 7.57. The number of ether oxygens (including phenoxy) is 1. The second-order valence-corrected chi connectivity index (χ2v) is 6.62. The molecule has 0 saturated carbocycles. The summed E-state index contributed by atoms with van der Waals surface area (Å²) in [4.78, 5) is 12.0. The highest BCUT2D eigenvalue weighted by molar-refractivity contribution is 5.89. The SMILES string of the molecule is COCc1cccc(NC(=O)NCC(C)(C)C(O)C(C)C)c1. The summed E-state index contributed by atoms with van der Waals surface area (Å²) >= 11 is 0. The number of aliphatic hydroxyl groups is 1. The summed E-state index contributed by atoms with van der Waals surface area (Å²) in [7, 11) is 1.63. The molecule has 1 rings (SSSR count). The number of anilines is 1. The van der Waals surface area contributed by atoms with Gasteiger partial charge in [-0.2, -0.15) is 0 Å². The lowest BCUT2D eigenvalue weighted by atomic mass is 9.81. The molecular weight excluding hydrogens is 280 g/mol. The van der Waals surface area contributed by atoms with Crippen LogP contribution < -0.4 is 10.6 Å².